The molecule has 1 saturated heterocycles. The average molecular weight is 248 g/mol. The molecule has 1 fully saturated rings. The quantitative estimate of drug-likeness (QED) is 0.803. The first-order chi connectivity index (χ1) is 8.20. The van der Waals surface area contributed by atoms with E-state index >= 15 is 0 Å². The molecule has 1 aliphatic rings. The van der Waals surface area contributed by atoms with E-state index in [4.69, 9.17) is 0 Å². The standard InChI is InChI=1S/C15H20OS/c1-3-11(2)14-10-13(15(16)17-14)9-12-7-5-4-6-8-12/h4-8,11,13-14H,3,9-10H2,1-2H3. The van der Waals surface area contributed by atoms with Gasteiger partial charge >= 0.3 is 0 Å². The zero-order chi connectivity index (χ0) is 12.3. The Hall–Kier alpha value is -0.760. The third-order valence-electron chi connectivity index (χ3n) is 3.72. The molecule has 2 heteroatoms. The molecule has 92 valence electrons. The van der Waals surface area contributed by atoms with Gasteiger partial charge in [-0.25, -0.2) is 0 Å². The molecule has 0 aromatic heterocycles. The first-order valence-corrected chi connectivity index (χ1v) is 7.33. The van der Waals surface area contributed by atoms with Gasteiger partial charge in [-0.3, -0.25) is 4.79 Å². The third-order valence-corrected chi connectivity index (χ3v) is 5.25. The van der Waals surface area contributed by atoms with E-state index in [0.717, 1.165) is 12.8 Å². The number of rotatable bonds is 4. The molecule has 1 aromatic carbocycles. The zero-order valence-corrected chi connectivity index (χ0v) is 11.4. The summed E-state index contributed by atoms with van der Waals surface area (Å²) in [6, 6.07) is 10.4. The largest absolute Gasteiger partial charge is 0.287 e. The number of benzene rings is 1. The van der Waals surface area contributed by atoms with Crippen molar-refractivity contribution < 1.29 is 4.79 Å². The second-order valence-electron chi connectivity index (χ2n) is 4.98. The summed E-state index contributed by atoms with van der Waals surface area (Å²) < 4.78 is 0. The summed E-state index contributed by atoms with van der Waals surface area (Å²) in [5, 5.41) is 0.945. The topological polar surface area (TPSA) is 17.1 Å². The summed E-state index contributed by atoms with van der Waals surface area (Å²) >= 11 is 1.59. The number of hydrogen-bond acceptors (Lipinski definition) is 2. The van der Waals surface area contributed by atoms with Crippen molar-refractivity contribution in [1.29, 1.82) is 0 Å². The first-order valence-electron chi connectivity index (χ1n) is 6.45. The number of thioether (sulfide) groups is 1. The van der Waals surface area contributed by atoms with Crippen molar-refractivity contribution in [3.63, 3.8) is 0 Å². The maximum atomic E-state index is 12.0. The molecule has 1 aromatic rings. The Bertz CT molecular complexity index is 374. The van der Waals surface area contributed by atoms with Crippen molar-refractivity contribution in [2.45, 2.75) is 38.4 Å². The van der Waals surface area contributed by atoms with Gasteiger partial charge in [0.15, 0.2) is 5.12 Å². The van der Waals surface area contributed by atoms with Crippen LogP contribution in [0, 0.1) is 11.8 Å². The Kier molecular flexibility index (Phi) is 4.27. The van der Waals surface area contributed by atoms with Gasteiger partial charge < -0.3 is 0 Å². The lowest BCUT2D eigenvalue weighted by atomic mass is 9.91. The van der Waals surface area contributed by atoms with Crippen LogP contribution in [0.15, 0.2) is 30.3 Å². The molecule has 0 radical (unpaired) electrons. The molecule has 2 rings (SSSR count). The van der Waals surface area contributed by atoms with E-state index in [9.17, 15) is 4.79 Å². The predicted octanol–water partition coefficient (Wildman–Crippen LogP) is 3.92. The molecule has 0 spiro atoms. The highest BCUT2D eigenvalue weighted by atomic mass is 32.2. The molecule has 0 amide bonds. The smallest absolute Gasteiger partial charge is 0.192 e. The second kappa shape index (κ2) is 5.72. The van der Waals surface area contributed by atoms with Gasteiger partial charge in [-0.05, 0) is 24.3 Å². The molecule has 3 atom stereocenters. The predicted molar refractivity (Wildman–Crippen MR) is 74.1 cm³/mol. The lowest BCUT2D eigenvalue weighted by Crippen LogP contribution is -2.12. The number of carbonyl (C=O) groups excluding carboxylic acids is 1. The van der Waals surface area contributed by atoms with Crippen LogP contribution in [0.25, 0.3) is 0 Å². The van der Waals surface area contributed by atoms with E-state index in [1.54, 1.807) is 11.8 Å². The SMILES string of the molecule is CCC(C)C1CC(Cc2ccccc2)C(=O)S1. The Balaban J connectivity index is 1.97. The Morgan fingerprint density at radius 3 is 2.71 bits per heavy atom. The van der Waals surface area contributed by atoms with Crippen LogP contribution in [-0.2, 0) is 11.2 Å². The Morgan fingerprint density at radius 1 is 1.35 bits per heavy atom. The van der Waals surface area contributed by atoms with E-state index in [2.05, 4.69) is 26.0 Å². The van der Waals surface area contributed by atoms with Crippen LogP contribution in [0.3, 0.4) is 0 Å². The molecular weight excluding hydrogens is 228 g/mol. The molecule has 0 aliphatic carbocycles. The van der Waals surface area contributed by atoms with Gasteiger partial charge in [-0.1, -0.05) is 62.4 Å². The minimum Gasteiger partial charge on any atom is -0.287 e. The lowest BCUT2D eigenvalue weighted by molar-refractivity contribution is -0.113. The van der Waals surface area contributed by atoms with Crippen LogP contribution in [0.1, 0.15) is 32.3 Å². The average Bonchev–Trinajstić information content (AvgIpc) is 2.71. The summed E-state index contributed by atoms with van der Waals surface area (Å²) in [5.74, 6) is 0.895. The minimum absolute atomic E-state index is 0.237. The van der Waals surface area contributed by atoms with Crippen LogP contribution >= 0.6 is 11.8 Å². The molecular formula is C15H20OS. The van der Waals surface area contributed by atoms with Gasteiger partial charge in [0.1, 0.15) is 0 Å². The lowest BCUT2D eigenvalue weighted by Gasteiger charge is -2.15. The summed E-state index contributed by atoms with van der Waals surface area (Å²) in [6.07, 6.45) is 3.15. The fourth-order valence-corrected chi connectivity index (χ4v) is 3.77. The maximum Gasteiger partial charge on any atom is 0.192 e. The maximum absolute atomic E-state index is 12.0. The van der Waals surface area contributed by atoms with Crippen molar-refractivity contribution in [2.75, 3.05) is 0 Å². The summed E-state index contributed by atoms with van der Waals surface area (Å²) in [4.78, 5) is 12.0. The van der Waals surface area contributed by atoms with Gasteiger partial charge in [0.2, 0.25) is 0 Å². The van der Waals surface area contributed by atoms with E-state index in [1.807, 2.05) is 18.2 Å². The van der Waals surface area contributed by atoms with Crippen molar-refractivity contribution in [1.82, 2.24) is 0 Å². The van der Waals surface area contributed by atoms with Crippen molar-refractivity contribution >= 4 is 16.9 Å². The van der Waals surface area contributed by atoms with Crippen molar-refractivity contribution in [3.8, 4) is 0 Å². The van der Waals surface area contributed by atoms with Crippen LogP contribution in [0.2, 0.25) is 0 Å². The summed E-state index contributed by atoms with van der Waals surface area (Å²) in [5.41, 5.74) is 1.29. The van der Waals surface area contributed by atoms with Gasteiger partial charge in [0.25, 0.3) is 0 Å². The summed E-state index contributed by atoms with van der Waals surface area (Å²) in [6.45, 7) is 4.47. The van der Waals surface area contributed by atoms with E-state index in [1.165, 1.54) is 12.0 Å². The molecule has 0 saturated carbocycles. The van der Waals surface area contributed by atoms with Crippen molar-refractivity contribution in [2.24, 2.45) is 11.8 Å². The normalized spacial score (nSPS) is 26.1. The highest BCUT2D eigenvalue weighted by molar-refractivity contribution is 8.14. The number of carbonyl (C=O) groups is 1. The minimum atomic E-state index is 0.237. The molecule has 0 bridgehead atoms. The second-order valence-corrected chi connectivity index (χ2v) is 6.23. The van der Waals surface area contributed by atoms with Crippen LogP contribution < -0.4 is 0 Å². The fraction of sp³-hybridized carbons (Fsp3) is 0.533. The highest BCUT2D eigenvalue weighted by Crippen LogP contribution is 2.39. The molecule has 17 heavy (non-hydrogen) atoms. The first kappa shape index (κ1) is 12.7. The van der Waals surface area contributed by atoms with E-state index in [0.29, 0.717) is 16.3 Å². The highest BCUT2D eigenvalue weighted by Gasteiger charge is 2.35. The van der Waals surface area contributed by atoms with Crippen LogP contribution in [0.5, 0.6) is 0 Å². The number of hydrogen-bond donors (Lipinski definition) is 0. The molecule has 1 heterocycles. The molecule has 3 unspecified atom stereocenters. The van der Waals surface area contributed by atoms with Gasteiger partial charge in [-0.2, -0.15) is 0 Å². The molecule has 1 aliphatic heterocycles. The van der Waals surface area contributed by atoms with Gasteiger partial charge in [-0.15, -0.1) is 0 Å². The van der Waals surface area contributed by atoms with Gasteiger partial charge in [0.05, 0.1) is 0 Å². The van der Waals surface area contributed by atoms with Gasteiger partial charge in [0, 0.05) is 11.2 Å². The van der Waals surface area contributed by atoms with E-state index < -0.39 is 0 Å². The molecule has 1 nitrogen and oxygen atoms in total. The monoisotopic (exact) mass is 248 g/mol. The zero-order valence-electron chi connectivity index (χ0n) is 10.6. The third kappa shape index (κ3) is 3.12. The fourth-order valence-electron chi connectivity index (χ4n) is 2.35. The van der Waals surface area contributed by atoms with Crippen LogP contribution in [-0.4, -0.2) is 10.4 Å². The van der Waals surface area contributed by atoms with E-state index in [-0.39, 0.29) is 5.92 Å². The van der Waals surface area contributed by atoms with Crippen molar-refractivity contribution in [3.05, 3.63) is 35.9 Å². The Labute approximate surface area is 108 Å². The Morgan fingerprint density at radius 2 is 2.06 bits per heavy atom. The molecule has 0 N–H and O–H groups in total. The van der Waals surface area contributed by atoms with Crippen LogP contribution in [0.4, 0.5) is 0 Å². The summed E-state index contributed by atoms with van der Waals surface area (Å²) in [7, 11) is 0.